The second-order valence-corrected chi connectivity index (χ2v) is 3.84. The maximum absolute atomic E-state index is 11.7. The normalized spacial score (nSPS) is 14.8. The third kappa shape index (κ3) is 1.39. The zero-order valence-electron chi connectivity index (χ0n) is 8.77. The number of hydrogen-bond donors (Lipinski definition) is 1. The summed E-state index contributed by atoms with van der Waals surface area (Å²) >= 11 is 0. The van der Waals surface area contributed by atoms with Gasteiger partial charge in [0.1, 0.15) is 0 Å². The number of nitrogens with one attached hydrogen (secondary N) is 1. The predicted molar refractivity (Wildman–Crippen MR) is 59.7 cm³/mol. The Morgan fingerprint density at radius 3 is 2.88 bits per heavy atom. The Bertz CT molecular complexity index is 554. The van der Waals surface area contributed by atoms with Gasteiger partial charge in [0.05, 0.1) is 30.2 Å². The van der Waals surface area contributed by atoms with Crippen LogP contribution in [0, 0.1) is 0 Å². The van der Waals surface area contributed by atoms with Gasteiger partial charge in [0.15, 0.2) is 0 Å². The first kappa shape index (κ1) is 9.42. The van der Waals surface area contributed by atoms with E-state index in [4.69, 9.17) is 4.74 Å². The van der Waals surface area contributed by atoms with Gasteiger partial charge in [-0.1, -0.05) is 18.2 Å². The highest BCUT2D eigenvalue weighted by Crippen LogP contribution is 2.16. The number of ether oxygens (including phenoxy) is 1. The van der Waals surface area contributed by atoms with Gasteiger partial charge in [0.2, 0.25) is 0 Å². The summed E-state index contributed by atoms with van der Waals surface area (Å²) in [5, 5.41) is 2.85. The van der Waals surface area contributed by atoms with Gasteiger partial charge in [-0.25, -0.2) is 0 Å². The average molecular weight is 216 g/mol. The SMILES string of the molecule is O=c1[nH]n(-c2ccccc2)c2c1COCC2. The van der Waals surface area contributed by atoms with E-state index in [1.807, 2.05) is 35.0 Å². The Kier molecular flexibility index (Phi) is 2.15. The van der Waals surface area contributed by atoms with Crippen molar-refractivity contribution in [3.63, 3.8) is 0 Å². The summed E-state index contributed by atoms with van der Waals surface area (Å²) in [6.07, 6.45) is 0.781. The summed E-state index contributed by atoms with van der Waals surface area (Å²) in [6.45, 7) is 1.10. The monoisotopic (exact) mass is 216 g/mol. The van der Waals surface area contributed by atoms with Crippen LogP contribution in [0.25, 0.3) is 5.69 Å². The first-order valence-electron chi connectivity index (χ1n) is 5.32. The van der Waals surface area contributed by atoms with Gasteiger partial charge in [0, 0.05) is 6.42 Å². The molecule has 4 nitrogen and oxygen atoms in total. The summed E-state index contributed by atoms with van der Waals surface area (Å²) < 4.78 is 7.15. The van der Waals surface area contributed by atoms with Crippen molar-refractivity contribution < 1.29 is 4.74 Å². The van der Waals surface area contributed by atoms with Crippen LogP contribution in [0.1, 0.15) is 11.3 Å². The Labute approximate surface area is 92.5 Å². The summed E-state index contributed by atoms with van der Waals surface area (Å²) in [5.74, 6) is 0. The van der Waals surface area contributed by atoms with E-state index in [-0.39, 0.29) is 5.56 Å². The Hall–Kier alpha value is -1.81. The molecule has 1 N–H and O–H groups in total. The van der Waals surface area contributed by atoms with E-state index in [9.17, 15) is 4.79 Å². The molecular weight excluding hydrogens is 204 g/mol. The molecule has 0 atom stereocenters. The van der Waals surface area contributed by atoms with E-state index in [0.29, 0.717) is 13.2 Å². The van der Waals surface area contributed by atoms with Gasteiger partial charge < -0.3 is 4.74 Å². The first-order chi connectivity index (χ1) is 7.86. The van der Waals surface area contributed by atoms with Crippen LogP contribution in [0.3, 0.4) is 0 Å². The molecule has 0 amide bonds. The molecule has 2 heterocycles. The molecule has 0 unspecified atom stereocenters. The van der Waals surface area contributed by atoms with Crippen molar-refractivity contribution in [3.05, 3.63) is 51.9 Å². The standard InChI is InChI=1S/C12H12N2O2/c15-12-10-8-16-7-6-11(10)14(13-12)9-4-2-1-3-5-9/h1-5H,6-8H2,(H,13,15). The van der Waals surface area contributed by atoms with Crippen LogP contribution in [0.4, 0.5) is 0 Å². The summed E-state index contributed by atoms with van der Waals surface area (Å²) in [5.41, 5.74) is 2.75. The molecule has 0 bridgehead atoms. The molecule has 0 saturated carbocycles. The second-order valence-electron chi connectivity index (χ2n) is 3.84. The lowest BCUT2D eigenvalue weighted by Crippen LogP contribution is -2.15. The minimum Gasteiger partial charge on any atom is -0.376 e. The maximum atomic E-state index is 11.7. The highest BCUT2D eigenvalue weighted by molar-refractivity contribution is 5.35. The number of aromatic amines is 1. The van der Waals surface area contributed by atoms with Crippen LogP contribution >= 0.6 is 0 Å². The second kappa shape index (κ2) is 3.64. The fourth-order valence-electron chi connectivity index (χ4n) is 2.05. The topological polar surface area (TPSA) is 47.0 Å². The van der Waals surface area contributed by atoms with Crippen molar-refractivity contribution in [2.24, 2.45) is 0 Å². The largest absolute Gasteiger partial charge is 0.376 e. The highest BCUT2D eigenvalue weighted by atomic mass is 16.5. The lowest BCUT2D eigenvalue weighted by atomic mass is 10.1. The molecule has 1 aliphatic rings. The first-order valence-corrected chi connectivity index (χ1v) is 5.32. The number of benzene rings is 1. The molecule has 0 spiro atoms. The molecular formula is C12H12N2O2. The van der Waals surface area contributed by atoms with Crippen LogP contribution in [-0.2, 0) is 17.8 Å². The van der Waals surface area contributed by atoms with E-state index >= 15 is 0 Å². The minimum absolute atomic E-state index is 0.0430. The zero-order chi connectivity index (χ0) is 11.0. The molecule has 2 aromatic rings. The van der Waals surface area contributed by atoms with Crippen LogP contribution in [0.5, 0.6) is 0 Å². The molecule has 1 aliphatic heterocycles. The van der Waals surface area contributed by atoms with Crippen LogP contribution in [0.15, 0.2) is 35.1 Å². The molecule has 0 fully saturated rings. The van der Waals surface area contributed by atoms with Gasteiger partial charge in [-0.2, -0.15) is 0 Å². The van der Waals surface area contributed by atoms with Crippen molar-refractivity contribution in [2.75, 3.05) is 6.61 Å². The van der Waals surface area contributed by atoms with Gasteiger partial charge >= 0.3 is 0 Å². The van der Waals surface area contributed by atoms with E-state index in [0.717, 1.165) is 23.4 Å². The summed E-state index contributed by atoms with van der Waals surface area (Å²) in [6, 6.07) is 9.83. The smallest absolute Gasteiger partial charge is 0.270 e. The lowest BCUT2D eigenvalue weighted by molar-refractivity contribution is 0.109. The summed E-state index contributed by atoms with van der Waals surface area (Å²) in [7, 11) is 0. The predicted octanol–water partition coefficient (Wildman–Crippen LogP) is 1.24. The van der Waals surface area contributed by atoms with Crippen molar-refractivity contribution in [3.8, 4) is 5.69 Å². The molecule has 0 radical (unpaired) electrons. The number of nitrogens with zero attached hydrogens (tertiary/aromatic N) is 1. The molecule has 4 heteroatoms. The number of aromatic nitrogens is 2. The Morgan fingerprint density at radius 2 is 2.06 bits per heavy atom. The minimum atomic E-state index is -0.0430. The van der Waals surface area contributed by atoms with Crippen LogP contribution < -0.4 is 5.56 Å². The molecule has 0 saturated heterocycles. The van der Waals surface area contributed by atoms with Crippen molar-refractivity contribution in [1.29, 1.82) is 0 Å². The lowest BCUT2D eigenvalue weighted by Gasteiger charge is -2.14. The number of hydrogen-bond acceptors (Lipinski definition) is 2. The third-order valence-corrected chi connectivity index (χ3v) is 2.85. The molecule has 0 aliphatic carbocycles. The fourth-order valence-corrected chi connectivity index (χ4v) is 2.05. The van der Waals surface area contributed by atoms with E-state index in [1.54, 1.807) is 0 Å². The molecule has 16 heavy (non-hydrogen) atoms. The summed E-state index contributed by atoms with van der Waals surface area (Å²) in [4.78, 5) is 11.7. The molecule has 1 aromatic carbocycles. The van der Waals surface area contributed by atoms with Crippen LogP contribution in [-0.4, -0.2) is 16.4 Å². The molecule has 1 aromatic heterocycles. The average Bonchev–Trinajstić information content (AvgIpc) is 2.69. The van der Waals surface area contributed by atoms with E-state index in [1.165, 1.54) is 0 Å². The number of para-hydroxylation sites is 1. The van der Waals surface area contributed by atoms with Gasteiger partial charge in [-0.15, -0.1) is 0 Å². The van der Waals surface area contributed by atoms with E-state index in [2.05, 4.69) is 5.10 Å². The number of H-pyrrole nitrogens is 1. The number of rotatable bonds is 1. The number of fused-ring (bicyclic) bond motifs is 1. The van der Waals surface area contributed by atoms with Gasteiger partial charge in [-0.3, -0.25) is 14.6 Å². The van der Waals surface area contributed by atoms with Gasteiger partial charge in [-0.05, 0) is 12.1 Å². The molecule has 3 rings (SSSR count). The van der Waals surface area contributed by atoms with E-state index < -0.39 is 0 Å². The fraction of sp³-hybridized carbons (Fsp3) is 0.250. The molecule has 82 valence electrons. The van der Waals surface area contributed by atoms with Crippen LogP contribution in [0.2, 0.25) is 0 Å². The Balaban J connectivity index is 2.19. The Morgan fingerprint density at radius 1 is 1.25 bits per heavy atom. The van der Waals surface area contributed by atoms with Crippen molar-refractivity contribution in [2.45, 2.75) is 13.0 Å². The van der Waals surface area contributed by atoms with Crippen molar-refractivity contribution >= 4 is 0 Å². The zero-order valence-corrected chi connectivity index (χ0v) is 8.77. The van der Waals surface area contributed by atoms with Gasteiger partial charge in [0.25, 0.3) is 5.56 Å². The quantitative estimate of drug-likeness (QED) is 0.779. The highest BCUT2D eigenvalue weighted by Gasteiger charge is 2.19. The van der Waals surface area contributed by atoms with Crippen molar-refractivity contribution in [1.82, 2.24) is 9.78 Å². The maximum Gasteiger partial charge on any atom is 0.270 e. The third-order valence-electron chi connectivity index (χ3n) is 2.85.